The topological polar surface area (TPSA) is 55.1 Å². The Morgan fingerprint density at radius 1 is 1.12 bits per heavy atom. The average molecular weight is 365 g/mol. The number of hydrogen-bond donors (Lipinski definition) is 1. The van der Waals surface area contributed by atoms with Crippen molar-refractivity contribution in [1.82, 2.24) is 10.5 Å². The highest BCUT2D eigenvalue weighted by Gasteiger charge is 2.12. The summed E-state index contributed by atoms with van der Waals surface area (Å²) in [7, 11) is 0. The van der Waals surface area contributed by atoms with E-state index in [1.807, 2.05) is 0 Å². The standard InChI is InChI=1S/C17H11Cl2FN2O2/c18-11-3-6-14(15(19)7-11)17(23)21-9-13-8-16(24-22-13)10-1-4-12(20)5-2-10/h1-8H,9H2,(H,21,23). The third-order valence-corrected chi connectivity index (χ3v) is 3.84. The number of halogens is 3. The number of nitrogens with zero attached hydrogens (tertiary/aromatic N) is 1. The minimum Gasteiger partial charge on any atom is -0.356 e. The number of carbonyl (C=O) groups is 1. The number of amides is 1. The van der Waals surface area contributed by atoms with Crippen molar-refractivity contribution in [3.8, 4) is 11.3 Å². The van der Waals surface area contributed by atoms with E-state index >= 15 is 0 Å². The molecule has 4 nitrogen and oxygen atoms in total. The highest BCUT2D eigenvalue weighted by molar-refractivity contribution is 6.36. The van der Waals surface area contributed by atoms with Crippen LogP contribution in [0.1, 0.15) is 16.1 Å². The summed E-state index contributed by atoms with van der Waals surface area (Å²) in [6, 6.07) is 12.2. The van der Waals surface area contributed by atoms with Crippen molar-refractivity contribution in [2.75, 3.05) is 0 Å². The van der Waals surface area contributed by atoms with Crippen LogP contribution < -0.4 is 5.32 Å². The molecule has 0 aliphatic heterocycles. The second kappa shape index (κ2) is 7.03. The van der Waals surface area contributed by atoms with Gasteiger partial charge >= 0.3 is 0 Å². The smallest absolute Gasteiger partial charge is 0.253 e. The normalized spacial score (nSPS) is 10.6. The summed E-state index contributed by atoms with van der Waals surface area (Å²) in [6.07, 6.45) is 0. The lowest BCUT2D eigenvalue weighted by molar-refractivity contribution is 0.0950. The molecule has 1 heterocycles. The summed E-state index contributed by atoms with van der Waals surface area (Å²) >= 11 is 11.8. The fourth-order valence-electron chi connectivity index (χ4n) is 2.09. The third kappa shape index (κ3) is 3.75. The van der Waals surface area contributed by atoms with Gasteiger partial charge in [0.05, 0.1) is 17.1 Å². The Kier molecular flexibility index (Phi) is 4.83. The lowest BCUT2D eigenvalue weighted by Crippen LogP contribution is -2.23. The molecule has 24 heavy (non-hydrogen) atoms. The van der Waals surface area contributed by atoms with Gasteiger partial charge in [0.15, 0.2) is 5.76 Å². The molecule has 0 fully saturated rings. The van der Waals surface area contributed by atoms with Crippen LogP contribution in [-0.2, 0) is 6.54 Å². The van der Waals surface area contributed by atoms with E-state index in [1.54, 1.807) is 30.3 Å². The fraction of sp³-hybridized carbons (Fsp3) is 0.0588. The molecule has 2 aromatic carbocycles. The predicted octanol–water partition coefficient (Wildman–Crippen LogP) is 4.72. The number of hydrogen-bond acceptors (Lipinski definition) is 3. The zero-order chi connectivity index (χ0) is 17.1. The summed E-state index contributed by atoms with van der Waals surface area (Å²) in [5.41, 5.74) is 1.55. The van der Waals surface area contributed by atoms with Crippen molar-refractivity contribution < 1.29 is 13.7 Å². The molecule has 0 aliphatic rings. The molecule has 0 bridgehead atoms. The zero-order valence-corrected chi connectivity index (χ0v) is 13.7. The van der Waals surface area contributed by atoms with Gasteiger partial charge in [-0.15, -0.1) is 0 Å². The SMILES string of the molecule is O=C(NCc1cc(-c2ccc(F)cc2)on1)c1ccc(Cl)cc1Cl. The second-order valence-corrected chi connectivity index (χ2v) is 5.84. The highest BCUT2D eigenvalue weighted by Crippen LogP contribution is 2.22. The number of carbonyl (C=O) groups excluding carboxylic acids is 1. The van der Waals surface area contributed by atoms with Gasteiger partial charge in [-0.25, -0.2) is 4.39 Å². The van der Waals surface area contributed by atoms with Crippen LogP contribution in [-0.4, -0.2) is 11.1 Å². The Bertz CT molecular complexity index is 879. The molecule has 0 spiro atoms. The van der Waals surface area contributed by atoms with Crippen LogP contribution in [0.15, 0.2) is 53.1 Å². The Morgan fingerprint density at radius 3 is 2.58 bits per heavy atom. The average Bonchev–Trinajstić information content (AvgIpc) is 3.02. The largest absolute Gasteiger partial charge is 0.356 e. The van der Waals surface area contributed by atoms with Crippen molar-refractivity contribution in [3.05, 3.63) is 75.7 Å². The van der Waals surface area contributed by atoms with Crippen molar-refractivity contribution in [3.63, 3.8) is 0 Å². The first kappa shape index (κ1) is 16.5. The summed E-state index contributed by atoms with van der Waals surface area (Å²) in [4.78, 5) is 12.1. The fourth-order valence-corrected chi connectivity index (χ4v) is 2.58. The van der Waals surface area contributed by atoms with Gasteiger partial charge in [-0.3, -0.25) is 4.79 Å². The Morgan fingerprint density at radius 2 is 1.88 bits per heavy atom. The van der Waals surface area contributed by atoms with Gasteiger partial charge in [-0.05, 0) is 42.5 Å². The minimum absolute atomic E-state index is 0.169. The van der Waals surface area contributed by atoms with Crippen LogP contribution in [0.4, 0.5) is 4.39 Å². The third-order valence-electron chi connectivity index (χ3n) is 3.29. The molecule has 3 aromatic rings. The van der Waals surface area contributed by atoms with Gasteiger partial charge in [-0.2, -0.15) is 0 Å². The van der Waals surface area contributed by atoms with E-state index in [0.717, 1.165) is 0 Å². The molecule has 1 N–H and O–H groups in total. The number of benzene rings is 2. The molecule has 0 aliphatic carbocycles. The lowest BCUT2D eigenvalue weighted by atomic mass is 10.1. The monoisotopic (exact) mass is 364 g/mol. The van der Waals surface area contributed by atoms with Gasteiger partial charge in [0, 0.05) is 16.7 Å². The van der Waals surface area contributed by atoms with Gasteiger partial charge in [0.1, 0.15) is 11.5 Å². The van der Waals surface area contributed by atoms with Gasteiger partial charge in [-0.1, -0.05) is 28.4 Å². The van der Waals surface area contributed by atoms with E-state index in [9.17, 15) is 9.18 Å². The van der Waals surface area contributed by atoms with E-state index in [2.05, 4.69) is 10.5 Å². The Hall–Kier alpha value is -2.37. The zero-order valence-electron chi connectivity index (χ0n) is 12.2. The van der Waals surface area contributed by atoms with E-state index in [0.29, 0.717) is 27.6 Å². The maximum absolute atomic E-state index is 12.9. The summed E-state index contributed by atoms with van der Waals surface area (Å²) < 4.78 is 18.1. The summed E-state index contributed by atoms with van der Waals surface area (Å²) in [5.74, 6) is -0.183. The Balaban J connectivity index is 1.67. The van der Waals surface area contributed by atoms with Crippen LogP contribution in [0.25, 0.3) is 11.3 Å². The van der Waals surface area contributed by atoms with E-state index < -0.39 is 0 Å². The quantitative estimate of drug-likeness (QED) is 0.728. The number of nitrogens with one attached hydrogen (secondary N) is 1. The van der Waals surface area contributed by atoms with Gasteiger partial charge < -0.3 is 9.84 Å². The molecule has 7 heteroatoms. The maximum Gasteiger partial charge on any atom is 0.253 e. The van der Waals surface area contributed by atoms with Gasteiger partial charge in [0.2, 0.25) is 0 Å². The predicted molar refractivity (Wildman–Crippen MR) is 89.5 cm³/mol. The van der Waals surface area contributed by atoms with E-state index in [1.165, 1.54) is 18.2 Å². The molecule has 1 amide bonds. The summed E-state index contributed by atoms with van der Waals surface area (Å²) in [5, 5.41) is 7.31. The van der Waals surface area contributed by atoms with Crippen LogP contribution in [0, 0.1) is 5.82 Å². The van der Waals surface area contributed by atoms with Crippen LogP contribution in [0.5, 0.6) is 0 Å². The maximum atomic E-state index is 12.9. The number of aromatic nitrogens is 1. The van der Waals surface area contributed by atoms with Crippen molar-refractivity contribution in [2.45, 2.75) is 6.54 Å². The number of rotatable bonds is 4. The molecule has 0 unspecified atom stereocenters. The summed E-state index contributed by atoms with van der Waals surface area (Å²) in [6.45, 7) is 0.169. The van der Waals surface area contributed by atoms with Gasteiger partial charge in [0.25, 0.3) is 5.91 Å². The molecule has 0 atom stereocenters. The molecule has 0 saturated carbocycles. The molecular weight excluding hydrogens is 354 g/mol. The van der Waals surface area contributed by atoms with E-state index in [-0.39, 0.29) is 23.3 Å². The Labute approximate surface area is 147 Å². The van der Waals surface area contributed by atoms with E-state index in [4.69, 9.17) is 27.7 Å². The van der Waals surface area contributed by atoms with Crippen molar-refractivity contribution in [2.24, 2.45) is 0 Å². The van der Waals surface area contributed by atoms with Crippen molar-refractivity contribution >= 4 is 29.1 Å². The highest BCUT2D eigenvalue weighted by atomic mass is 35.5. The first-order valence-electron chi connectivity index (χ1n) is 6.98. The molecular formula is C17H11Cl2FN2O2. The first-order chi connectivity index (χ1) is 11.5. The molecule has 3 rings (SSSR count). The molecule has 1 aromatic heterocycles. The molecule has 0 radical (unpaired) electrons. The van der Waals surface area contributed by atoms with Crippen molar-refractivity contribution in [1.29, 1.82) is 0 Å². The van der Waals surface area contributed by atoms with Crippen LogP contribution >= 0.6 is 23.2 Å². The lowest BCUT2D eigenvalue weighted by Gasteiger charge is -2.05. The second-order valence-electron chi connectivity index (χ2n) is 5.00. The van der Waals surface area contributed by atoms with Crippen LogP contribution in [0.2, 0.25) is 10.0 Å². The van der Waals surface area contributed by atoms with Crippen LogP contribution in [0.3, 0.4) is 0 Å². The molecule has 122 valence electrons. The first-order valence-corrected chi connectivity index (χ1v) is 7.73. The minimum atomic E-state index is -0.344. The molecule has 0 saturated heterocycles.